The van der Waals surface area contributed by atoms with E-state index in [0.717, 1.165) is 46.4 Å². The highest BCUT2D eigenvalue weighted by Gasteiger charge is 2.23. The first kappa shape index (κ1) is 16.3. The van der Waals surface area contributed by atoms with Crippen LogP contribution in [0.4, 0.5) is 0 Å². The third kappa shape index (κ3) is 2.94. The Kier molecular flexibility index (Phi) is 4.58. The van der Waals surface area contributed by atoms with Crippen LogP contribution in [0.2, 0.25) is 0 Å². The number of likely N-dealkylation sites (tertiary alicyclic amines) is 1. The summed E-state index contributed by atoms with van der Waals surface area (Å²) in [5.74, 6) is 0. The Morgan fingerprint density at radius 1 is 1.17 bits per heavy atom. The molecule has 1 aliphatic heterocycles. The molecule has 1 fully saturated rings. The van der Waals surface area contributed by atoms with Gasteiger partial charge in [-0.3, -0.25) is 9.69 Å². The van der Waals surface area contributed by atoms with Crippen LogP contribution in [0, 0.1) is 20.8 Å². The number of benzene rings is 1. The fourth-order valence-corrected chi connectivity index (χ4v) is 3.97. The zero-order valence-corrected chi connectivity index (χ0v) is 14.8. The van der Waals surface area contributed by atoms with Crippen molar-refractivity contribution in [2.45, 2.75) is 66.0 Å². The molecule has 3 nitrogen and oxygen atoms in total. The minimum absolute atomic E-state index is 0.220. The molecule has 1 aromatic carbocycles. The van der Waals surface area contributed by atoms with E-state index in [9.17, 15) is 4.79 Å². The summed E-state index contributed by atoms with van der Waals surface area (Å²) < 4.78 is 0. The number of pyridine rings is 1. The zero-order valence-electron chi connectivity index (χ0n) is 14.8. The Hall–Kier alpha value is -1.61. The molecule has 0 saturated carbocycles. The Bertz CT molecular complexity index is 775. The van der Waals surface area contributed by atoms with Gasteiger partial charge in [0, 0.05) is 29.2 Å². The second kappa shape index (κ2) is 6.48. The van der Waals surface area contributed by atoms with E-state index in [2.05, 4.69) is 35.9 Å². The fourth-order valence-electron chi connectivity index (χ4n) is 3.97. The largest absolute Gasteiger partial charge is 0.358 e. The van der Waals surface area contributed by atoms with Gasteiger partial charge < -0.3 is 4.98 Å². The average molecular weight is 312 g/mol. The third-order valence-corrected chi connectivity index (χ3v) is 5.47. The lowest BCUT2D eigenvalue weighted by Gasteiger charge is -2.35. The number of rotatable bonds is 3. The second-order valence-corrected chi connectivity index (χ2v) is 7.04. The van der Waals surface area contributed by atoms with Gasteiger partial charge in [-0.2, -0.15) is 0 Å². The minimum Gasteiger partial charge on any atom is -0.358 e. The van der Waals surface area contributed by atoms with Crippen LogP contribution in [0.1, 0.15) is 55.0 Å². The molecule has 0 unspecified atom stereocenters. The van der Waals surface area contributed by atoms with E-state index in [1.165, 1.54) is 25.7 Å². The maximum Gasteiger partial charge on any atom is 0.194 e. The molecule has 1 aliphatic rings. The van der Waals surface area contributed by atoms with Gasteiger partial charge in [-0.05, 0) is 57.7 Å². The number of nitrogens with zero attached hydrogens (tertiary/aromatic N) is 1. The van der Waals surface area contributed by atoms with Gasteiger partial charge in [0.05, 0.1) is 5.52 Å². The molecule has 0 spiro atoms. The summed E-state index contributed by atoms with van der Waals surface area (Å²) in [5.41, 5.74) is 5.41. The Morgan fingerprint density at radius 3 is 2.65 bits per heavy atom. The molecule has 2 aromatic rings. The van der Waals surface area contributed by atoms with Crippen molar-refractivity contribution >= 4 is 10.9 Å². The molecule has 0 aliphatic carbocycles. The highest BCUT2D eigenvalue weighted by Crippen LogP contribution is 2.24. The molecule has 0 radical (unpaired) electrons. The van der Waals surface area contributed by atoms with Gasteiger partial charge in [0.1, 0.15) is 0 Å². The highest BCUT2D eigenvalue weighted by atomic mass is 16.1. The van der Waals surface area contributed by atoms with E-state index in [4.69, 9.17) is 0 Å². The summed E-state index contributed by atoms with van der Waals surface area (Å²) in [5, 5.41) is 0.871. The maximum absolute atomic E-state index is 13.1. The molecule has 3 heteroatoms. The van der Waals surface area contributed by atoms with Crippen molar-refractivity contribution in [3.8, 4) is 0 Å². The van der Waals surface area contributed by atoms with Crippen molar-refractivity contribution in [3.05, 3.63) is 44.7 Å². The molecule has 124 valence electrons. The molecular formula is C20H28N2O. The lowest BCUT2D eigenvalue weighted by Crippen LogP contribution is -2.40. The normalized spacial score (nSPS) is 19.4. The van der Waals surface area contributed by atoms with Crippen LogP contribution in [-0.2, 0) is 6.54 Å². The topological polar surface area (TPSA) is 36.1 Å². The molecule has 0 bridgehead atoms. The van der Waals surface area contributed by atoms with Crippen LogP contribution in [0.25, 0.3) is 10.9 Å². The van der Waals surface area contributed by atoms with Gasteiger partial charge in [0.25, 0.3) is 0 Å². The number of hydrogen-bond donors (Lipinski definition) is 1. The van der Waals surface area contributed by atoms with Crippen molar-refractivity contribution in [1.82, 2.24) is 9.88 Å². The number of nitrogens with one attached hydrogen (secondary N) is 1. The maximum atomic E-state index is 13.1. The van der Waals surface area contributed by atoms with Gasteiger partial charge in [0.2, 0.25) is 0 Å². The van der Waals surface area contributed by atoms with Crippen molar-refractivity contribution in [2.75, 3.05) is 6.54 Å². The smallest absolute Gasteiger partial charge is 0.194 e. The lowest BCUT2D eigenvalue weighted by molar-refractivity contribution is 0.135. The first-order chi connectivity index (χ1) is 11.0. The van der Waals surface area contributed by atoms with Gasteiger partial charge in [-0.15, -0.1) is 0 Å². The van der Waals surface area contributed by atoms with E-state index in [1.54, 1.807) is 0 Å². The quantitative estimate of drug-likeness (QED) is 0.921. The first-order valence-electron chi connectivity index (χ1n) is 8.88. The summed E-state index contributed by atoms with van der Waals surface area (Å²) in [6.45, 7) is 10.3. The Labute approximate surface area is 138 Å². The van der Waals surface area contributed by atoms with E-state index in [-0.39, 0.29) is 5.43 Å². The number of hydrogen-bond acceptors (Lipinski definition) is 2. The predicted molar refractivity (Wildman–Crippen MR) is 97.1 cm³/mol. The number of aromatic amines is 1. The summed E-state index contributed by atoms with van der Waals surface area (Å²) in [6.07, 6.45) is 5.00. The first-order valence-corrected chi connectivity index (χ1v) is 8.88. The van der Waals surface area contributed by atoms with Crippen LogP contribution >= 0.6 is 0 Å². The van der Waals surface area contributed by atoms with E-state index < -0.39 is 0 Å². The van der Waals surface area contributed by atoms with Crippen molar-refractivity contribution in [3.63, 3.8) is 0 Å². The molecular weight excluding hydrogens is 284 g/mol. The van der Waals surface area contributed by atoms with Crippen LogP contribution < -0.4 is 5.43 Å². The molecule has 2 heterocycles. The standard InChI is InChI=1S/C20H28N2O/c1-5-16-8-6-7-11-22(16)12-17-15(4)21-19-14(3)10-9-13(2)18(19)20(17)23/h9-10,16H,5-8,11-12H2,1-4H3,(H,21,23)/t16-/m0/s1. The molecule has 1 aromatic heterocycles. The summed E-state index contributed by atoms with van der Waals surface area (Å²) in [7, 11) is 0. The summed E-state index contributed by atoms with van der Waals surface area (Å²) in [6, 6.07) is 4.77. The molecule has 1 saturated heterocycles. The van der Waals surface area contributed by atoms with Crippen molar-refractivity contribution in [1.29, 1.82) is 0 Å². The third-order valence-electron chi connectivity index (χ3n) is 5.47. The monoisotopic (exact) mass is 312 g/mol. The number of piperidine rings is 1. The molecule has 23 heavy (non-hydrogen) atoms. The van der Waals surface area contributed by atoms with Crippen LogP contribution in [-0.4, -0.2) is 22.5 Å². The van der Waals surface area contributed by atoms with Gasteiger partial charge in [-0.1, -0.05) is 25.5 Å². The van der Waals surface area contributed by atoms with Gasteiger partial charge >= 0.3 is 0 Å². The molecule has 3 rings (SSSR count). The van der Waals surface area contributed by atoms with Crippen LogP contribution in [0.15, 0.2) is 16.9 Å². The van der Waals surface area contributed by atoms with Crippen LogP contribution in [0.3, 0.4) is 0 Å². The lowest BCUT2D eigenvalue weighted by atomic mass is 9.97. The number of aryl methyl sites for hydroxylation is 3. The fraction of sp³-hybridized carbons (Fsp3) is 0.550. The number of H-pyrrole nitrogens is 1. The van der Waals surface area contributed by atoms with Gasteiger partial charge in [-0.25, -0.2) is 0 Å². The summed E-state index contributed by atoms with van der Waals surface area (Å²) in [4.78, 5) is 19.2. The predicted octanol–water partition coefficient (Wildman–Crippen LogP) is 4.22. The summed E-state index contributed by atoms with van der Waals surface area (Å²) >= 11 is 0. The second-order valence-electron chi connectivity index (χ2n) is 7.04. The molecule has 1 atom stereocenters. The van der Waals surface area contributed by atoms with Crippen molar-refractivity contribution < 1.29 is 0 Å². The van der Waals surface area contributed by atoms with Gasteiger partial charge in [0.15, 0.2) is 5.43 Å². The SMILES string of the molecule is CC[C@H]1CCCCN1Cc1c(C)[nH]c2c(C)ccc(C)c2c1=O. The average Bonchev–Trinajstić information content (AvgIpc) is 2.55. The van der Waals surface area contributed by atoms with E-state index in [1.807, 2.05) is 13.8 Å². The number of aromatic nitrogens is 1. The Balaban J connectivity index is 2.08. The van der Waals surface area contributed by atoms with Crippen LogP contribution in [0.5, 0.6) is 0 Å². The Morgan fingerprint density at radius 2 is 1.91 bits per heavy atom. The molecule has 0 amide bonds. The number of fused-ring (bicyclic) bond motifs is 1. The minimum atomic E-state index is 0.220. The van der Waals surface area contributed by atoms with E-state index in [0.29, 0.717) is 6.04 Å². The highest BCUT2D eigenvalue weighted by molar-refractivity contribution is 5.85. The molecule has 1 N–H and O–H groups in total. The van der Waals surface area contributed by atoms with E-state index >= 15 is 0 Å². The van der Waals surface area contributed by atoms with Crippen molar-refractivity contribution in [2.24, 2.45) is 0 Å². The zero-order chi connectivity index (χ0) is 16.6.